The third-order valence-corrected chi connectivity index (χ3v) is 6.02. The fraction of sp³-hybridized carbons (Fsp3) is 0.158. The Morgan fingerprint density at radius 1 is 1.13 bits per heavy atom. The summed E-state index contributed by atoms with van der Waals surface area (Å²) in [5, 5.41) is 3.65. The minimum absolute atomic E-state index is 0.181. The van der Waals surface area contributed by atoms with Crippen LogP contribution in [-0.2, 0) is 14.6 Å². The lowest BCUT2D eigenvalue weighted by atomic mass is 10.2. The minimum atomic E-state index is -4.70. The molecule has 30 heavy (non-hydrogen) atoms. The lowest BCUT2D eigenvalue weighted by Gasteiger charge is -2.12. The SMILES string of the molecule is Cc1ccc2c(Cl)cc(Cl)c(OCC(=O)Nc3ccc(S(=O)(=O)C(F)F)cc3)c2n1. The van der Waals surface area contributed by atoms with Crippen LogP contribution in [0.1, 0.15) is 5.69 Å². The molecule has 3 aromatic rings. The molecule has 2 aromatic carbocycles. The maximum Gasteiger partial charge on any atom is 0.341 e. The Labute approximate surface area is 180 Å². The zero-order valence-electron chi connectivity index (χ0n) is 15.3. The van der Waals surface area contributed by atoms with Gasteiger partial charge in [0, 0.05) is 16.8 Å². The van der Waals surface area contributed by atoms with Gasteiger partial charge in [-0.25, -0.2) is 13.4 Å². The van der Waals surface area contributed by atoms with Crippen LogP contribution in [0.5, 0.6) is 5.75 Å². The first-order valence-corrected chi connectivity index (χ1v) is 10.7. The van der Waals surface area contributed by atoms with E-state index in [1.807, 2.05) is 0 Å². The van der Waals surface area contributed by atoms with E-state index in [1.54, 1.807) is 19.1 Å². The van der Waals surface area contributed by atoms with Crippen molar-refractivity contribution in [3.8, 4) is 5.75 Å². The third-order valence-electron chi connectivity index (χ3n) is 4.03. The lowest BCUT2D eigenvalue weighted by molar-refractivity contribution is -0.118. The van der Waals surface area contributed by atoms with Crippen molar-refractivity contribution in [1.82, 2.24) is 4.98 Å². The number of nitrogens with one attached hydrogen (secondary N) is 1. The lowest BCUT2D eigenvalue weighted by Crippen LogP contribution is -2.20. The van der Waals surface area contributed by atoms with Crippen molar-refractivity contribution in [2.75, 3.05) is 11.9 Å². The summed E-state index contributed by atoms with van der Waals surface area (Å²) in [6, 6.07) is 9.38. The number of fused-ring (bicyclic) bond motifs is 1. The molecule has 11 heteroatoms. The molecule has 0 spiro atoms. The first-order valence-electron chi connectivity index (χ1n) is 8.39. The molecule has 0 aliphatic heterocycles. The summed E-state index contributed by atoms with van der Waals surface area (Å²) in [5.74, 6) is -3.91. The fourth-order valence-electron chi connectivity index (χ4n) is 2.59. The van der Waals surface area contributed by atoms with E-state index in [9.17, 15) is 22.0 Å². The molecule has 158 valence electrons. The Balaban J connectivity index is 1.73. The molecule has 1 heterocycles. The number of nitrogens with zero attached hydrogens (tertiary/aromatic N) is 1. The second-order valence-corrected chi connectivity index (χ2v) is 8.92. The van der Waals surface area contributed by atoms with Gasteiger partial charge in [0.1, 0.15) is 5.52 Å². The first-order chi connectivity index (χ1) is 14.1. The molecule has 0 radical (unpaired) electrons. The van der Waals surface area contributed by atoms with Gasteiger partial charge in [0.15, 0.2) is 12.4 Å². The normalized spacial score (nSPS) is 11.7. The number of aromatic nitrogens is 1. The Morgan fingerprint density at radius 2 is 1.80 bits per heavy atom. The number of carbonyl (C=O) groups excluding carboxylic acids is 1. The molecule has 0 fully saturated rings. The number of hydrogen-bond donors (Lipinski definition) is 1. The van der Waals surface area contributed by atoms with Crippen molar-refractivity contribution >= 4 is 55.5 Å². The average Bonchev–Trinajstić information content (AvgIpc) is 2.67. The van der Waals surface area contributed by atoms with Crippen molar-refractivity contribution in [2.24, 2.45) is 0 Å². The summed E-state index contributed by atoms with van der Waals surface area (Å²) in [4.78, 5) is 16.0. The van der Waals surface area contributed by atoms with Gasteiger partial charge >= 0.3 is 5.76 Å². The predicted molar refractivity (Wildman–Crippen MR) is 110 cm³/mol. The van der Waals surface area contributed by atoms with E-state index < -0.39 is 33.0 Å². The van der Waals surface area contributed by atoms with Gasteiger partial charge in [-0.3, -0.25) is 4.79 Å². The van der Waals surface area contributed by atoms with E-state index in [2.05, 4.69) is 10.3 Å². The van der Waals surface area contributed by atoms with E-state index in [0.717, 1.165) is 12.1 Å². The third kappa shape index (κ3) is 4.63. The van der Waals surface area contributed by atoms with Gasteiger partial charge in [0.2, 0.25) is 9.84 Å². The van der Waals surface area contributed by atoms with Gasteiger partial charge in [0.25, 0.3) is 5.91 Å². The molecule has 0 unspecified atom stereocenters. The molecule has 0 atom stereocenters. The topological polar surface area (TPSA) is 85.4 Å². The van der Waals surface area contributed by atoms with E-state index in [-0.39, 0.29) is 16.5 Å². The van der Waals surface area contributed by atoms with Crippen molar-refractivity contribution in [1.29, 1.82) is 0 Å². The van der Waals surface area contributed by atoms with Crippen molar-refractivity contribution < 1.29 is 26.7 Å². The van der Waals surface area contributed by atoms with Gasteiger partial charge in [-0.2, -0.15) is 8.78 Å². The molecule has 0 saturated heterocycles. The minimum Gasteiger partial charge on any atom is -0.480 e. The van der Waals surface area contributed by atoms with Crippen molar-refractivity contribution in [3.63, 3.8) is 0 Å². The van der Waals surface area contributed by atoms with Gasteiger partial charge < -0.3 is 10.1 Å². The van der Waals surface area contributed by atoms with Crippen LogP contribution in [0.3, 0.4) is 0 Å². The molecule has 1 amide bonds. The Bertz CT molecular complexity index is 1220. The highest BCUT2D eigenvalue weighted by Gasteiger charge is 2.26. The Morgan fingerprint density at radius 3 is 2.43 bits per heavy atom. The monoisotopic (exact) mass is 474 g/mol. The number of carbonyl (C=O) groups is 1. The van der Waals surface area contributed by atoms with Gasteiger partial charge in [0.05, 0.1) is 14.9 Å². The van der Waals surface area contributed by atoms with E-state index in [0.29, 0.717) is 21.6 Å². The van der Waals surface area contributed by atoms with Crippen LogP contribution in [0.4, 0.5) is 14.5 Å². The highest BCUT2D eigenvalue weighted by Crippen LogP contribution is 2.37. The molecule has 0 bridgehead atoms. The van der Waals surface area contributed by atoms with Crippen LogP contribution in [0, 0.1) is 6.92 Å². The van der Waals surface area contributed by atoms with Crippen LogP contribution >= 0.6 is 23.2 Å². The number of pyridine rings is 1. The molecular formula is C19H14Cl2F2N2O4S. The standard InChI is InChI=1S/C19H14Cl2F2N2O4S/c1-10-2-7-13-14(20)8-15(21)18(17(13)24-10)29-9-16(26)25-11-3-5-12(6-4-11)30(27,28)19(22)23/h2-8,19H,9H2,1H3,(H,25,26). The number of benzene rings is 2. The van der Waals surface area contributed by atoms with Gasteiger partial charge in [-0.05, 0) is 49.4 Å². The largest absolute Gasteiger partial charge is 0.480 e. The maximum absolute atomic E-state index is 12.6. The predicted octanol–water partition coefficient (Wildman–Crippen LogP) is 4.86. The molecule has 6 nitrogen and oxygen atoms in total. The molecule has 1 N–H and O–H groups in total. The number of alkyl halides is 2. The van der Waals surface area contributed by atoms with Crippen molar-refractivity contribution in [2.45, 2.75) is 17.6 Å². The number of ether oxygens (including phenoxy) is 1. The summed E-state index contributed by atoms with van der Waals surface area (Å²) in [6.07, 6.45) is 0. The van der Waals surface area contributed by atoms with E-state index in [4.69, 9.17) is 27.9 Å². The zero-order valence-corrected chi connectivity index (χ0v) is 17.7. The molecule has 3 rings (SSSR count). The first kappa shape index (κ1) is 22.2. The smallest absolute Gasteiger partial charge is 0.341 e. The number of aryl methyl sites for hydroxylation is 1. The average molecular weight is 475 g/mol. The second kappa shape index (κ2) is 8.71. The van der Waals surface area contributed by atoms with Crippen LogP contribution in [0.15, 0.2) is 47.4 Å². The molecule has 0 aliphatic carbocycles. The highest BCUT2D eigenvalue weighted by atomic mass is 35.5. The Kier molecular flexibility index (Phi) is 6.44. The van der Waals surface area contributed by atoms with Crippen LogP contribution in [0.25, 0.3) is 10.9 Å². The van der Waals surface area contributed by atoms with Gasteiger partial charge in [-0.1, -0.05) is 23.2 Å². The quantitative estimate of drug-likeness (QED) is 0.550. The van der Waals surface area contributed by atoms with E-state index >= 15 is 0 Å². The van der Waals surface area contributed by atoms with Gasteiger partial charge in [-0.15, -0.1) is 0 Å². The van der Waals surface area contributed by atoms with E-state index in [1.165, 1.54) is 18.2 Å². The zero-order chi connectivity index (χ0) is 22.1. The number of hydrogen-bond acceptors (Lipinski definition) is 5. The molecule has 1 aromatic heterocycles. The van der Waals surface area contributed by atoms with Crippen LogP contribution < -0.4 is 10.1 Å². The molecular weight excluding hydrogens is 461 g/mol. The summed E-state index contributed by atoms with van der Waals surface area (Å²) >= 11 is 12.4. The maximum atomic E-state index is 12.6. The van der Waals surface area contributed by atoms with Crippen LogP contribution in [-0.4, -0.2) is 31.7 Å². The molecule has 0 saturated carbocycles. The highest BCUT2D eigenvalue weighted by molar-refractivity contribution is 7.91. The Hall–Kier alpha value is -2.49. The number of rotatable bonds is 6. The second-order valence-electron chi connectivity index (χ2n) is 6.19. The number of anilines is 1. The summed E-state index contributed by atoms with van der Waals surface area (Å²) in [5.41, 5.74) is 1.31. The van der Waals surface area contributed by atoms with Crippen molar-refractivity contribution in [3.05, 3.63) is 58.2 Å². The van der Waals surface area contributed by atoms with Crippen LogP contribution in [0.2, 0.25) is 10.0 Å². The summed E-state index contributed by atoms with van der Waals surface area (Å²) < 4.78 is 53.5. The number of halogens is 4. The fourth-order valence-corrected chi connectivity index (χ4v) is 3.88. The number of sulfone groups is 1. The summed E-state index contributed by atoms with van der Waals surface area (Å²) in [7, 11) is -4.70. The summed E-state index contributed by atoms with van der Waals surface area (Å²) in [6.45, 7) is 1.35. The molecule has 0 aliphatic rings. The number of amides is 1.